The maximum atomic E-state index is 12.4. The van der Waals surface area contributed by atoms with Crippen LogP contribution in [-0.4, -0.2) is 30.2 Å². The van der Waals surface area contributed by atoms with E-state index in [4.69, 9.17) is 37.5 Å². The molecule has 0 aliphatic heterocycles. The fourth-order valence-corrected chi connectivity index (χ4v) is 5.53. The molecule has 2 heterocycles. The second kappa shape index (κ2) is 10.3. The first-order chi connectivity index (χ1) is 16.6. The van der Waals surface area contributed by atoms with Crippen molar-refractivity contribution < 1.29 is 17.4 Å². The van der Waals surface area contributed by atoms with Crippen molar-refractivity contribution in [2.75, 3.05) is 5.32 Å². The number of pyridine rings is 2. The Morgan fingerprint density at radius 1 is 1.17 bits per heavy atom. The van der Waals surface area contributed by atoms with Crippen LogP contribution in [0.2, 0.25) is 10.0 Å². The Balaban J connectivity index is 1.76. The van der Waals surface area contributed by atoms with Crippen LogP contribution in [0.4, 0.5) is 5.69 Å². The largest absolute Gasteiger partial charge is 0.380 e. The maximum absolute atomic E-state index is 12.4. The number of nitrogens with zero attached hydrogens (tertiary/aromatic N) is 2. The Kier molecular flexibility index (Phi) is 7.51. The lowest BCUT2D eigenvalue weighted by molar-refractivity contribution is 0.101. The van der Waals surface area contributed by atoms with Crippen molar-refractivity contribution in [1.82, 2.24) is 9.97 Å². The molecule has 1 aromatic carbocycles. The molecule has 4 rings (SSSR count). The summed E-state index contributed by atoms with van der Waals surface area (Å²) in [6, 6.07) is 6.77. The summed E-state index contributed by atoms with van der Waals surface area (Å²) in [5.74, 6) is 0.382. The number of carbonyl (C=O) groups is 1. The standard InChI is InChI=1S/C24H26Cl2N4O4S/c1-3-14-4-6-16(7-5-14)29-22-17(13(2)31)12-28-21-9-8-20(30-23(21)22)15-10-18(25)24(19(26)11-15)34-35(27,32)33/h8-12,14,16H,3-7H2,1-2H3,(H,28,29)(H2,27,32,33). The highest BCUT2D eigenvalue weighted by atomic mass is 35.5. The van der Waals surface area contributed by atoms with Crippen LogP contribution in [0.15, 0.2) is 30.5 Å². The van der Waals surface area contributed by atoms with Gasteiger partial charge in [0, 0.05) is 17.8 Å². The van der Waals surface area contributed by atoms with Crippen molar-refractivity contribution in [3.8, 4) is 17.0 Å². The SMILES string of the molecule is CCC1CCC(Nc2c(C(C)=O)cnc3ccc(-c4cc(Cl)c(OS(N)(=O)=O)c(Cl)c4)nc23)CC1. The summed E-state index contributed by atoms with van der Waals surface area (Å²) in [4.78, 5) is 21.7. The molecule has 0 amide bonds. The van der Waals surface area contributed by atoms with Crippen LogP contribution >= 0.6 is 23.2 Å². The lowest BCUT2D eigenvalue weighted by Gasteiger charge is -2.30. The molecule has 0 radical (unpaired) electrons. The fourth-order valence-electron chi connectivity index (χ4n) is 4.46. The van der Waals surface area contributed by atoms with Gasteiger partial charge in [-0.1, -0.05) is 36.5 Å². The molecular formula is C24H26Cl2N4O4S. The fraction of sp³-hybridized carbons (Fsp3) is 0.375. The van der Waals surface area contributed by atoms with E-state index in [1.807, 2.05) is 0 Å². The average molecular weight is 537 g/mol. The number of fused-ring (bicyclic) bond motifs is 1. The van der Waals surface area contributed by atoms with Crippen LogP contribution in [0.3, 0.4) is 0 Å². The van der Waals surface area contributed by atoms with Gasteiger partial charge in [0.15, 0.2) is 11.5 Å². The lowest BCUT2D eigenvalue weighted by Crippen LogP contribution is -2.27. The highest BCUT2D eigenvalue weighted by Gasteiger charge is 2.23. The Hall–Kier alpha value is -2.46. The summed E-state index contributed by atoms with van der Waals surface area (Å²) >= 11 is 12.5. The average Bonchev–Trinajstić information content (AvgIpc) is 2.81. The number of benzene rings is 1. The van der Waals surface area contributed by atoms with E-state index in [0.717, 1.165) is 31.6 Å². The molecular weight excluding hydrogens is 511 g/mol. The number of aromatic nitrogens is 2. The first-order valence-corrected chi connectivity index (χ1v) is 13.6. The Morgan fingerprint density at radius 3 is 2.40 bits per heavy atom. The smallest absolute Gasteiger partial charge is 0.380 e. The quantitative estimate of drug-likeness (QED) is 0.367. The number of Topliss-reactive ketones (excluding diaryl/α,β-unsaturated/α-hetero) is 1. The topological polar surface area (TPSA) is 124 Å². The zero-order valence-electron chi connectivity index (χ0n) is 19.3. The van der Waals surface area contributed by atoms with Gasteiger partial charge >= 0.3 is 10.3 Å². The third-order valence-corrected chi connectivity index (χ3v) is 7.32. The van der Waals surface area contributed by atoms with Gasteiger partial charge < -0.3 is 9.50 Å². The summed E-state index contributed by atoms with van der Waals surface area (Å²) in [7, 11) is -4.30. The summed E-state index contributed by atoms with van der Waals surface area (Å²) in [5, 5.41) is 8.45. The number of nitrogens with one attached hydrogen (secondary N) is 1. The minimum absolute atomic E-state index is 0.0370. The monoisotopic (exact) mass is 536 g/mol. The molecule has 0 atom stereocenters. The van der Waals surface area contributed by atoms with Crippen LogP contribution in [0.25, 0.3) is 22.3 Å². The van der Waals surface area contributed by atoms with E-state index in [-0.39, 0.29) is 27.6 Å². The predicted octanol–water partition coefficient (Wildman–Crippen LogP) is 5.77. The molecule has 1 aliphatic carbocycles. The minimum atomic E-state index is -4.30. The van der Waals surface area contributed by atoms with Gasteiger partial charge in [-0.2, -0.15) is 13.6 Å². The van der Waals surface area contributed by atoms with Gasteiger partial charge in [0.1, 0.15) is 5.52 Å². The van der Waals surface area contributed by atoms with Gasteiger partial charge in [-0.05, 0) is 62.8 Å². The third kappa shape index (κ3) is 5.86. The third-order valence-electron chi connectivity index (χ3n) is 6.36. The summed E-state index contributed by atoms with van der Waals surface area (Å²) in [6.07, 6.45) is 7.11. The summed E-state index contributed by atoms with van der Waals surface area (Å²) in [5.41, 5.74) is 3.39. The van der Waals surface area contributed by atoms with Gasteiger partial charge in [-0.3, -0.25) is 9.78 Å². The molecule has 1 fully saturated rings. The first-order valence-electron chi connectivity index (χ1n) is 11.3. The van der Waals surface area contributed by atoms with Crippen molar-refractivity contribution in [2.45, 2.75) is 52.0 Å². The number of anilines is 1. The lowest BCUT2D eigenvalue weighted by atomic mass is 9.84. The molecule has 2 aromatic heterocycles. The van der Waals surface area contributed by atoms with E-state index in [1.54, 1.807) is 18.3 Å². The van der Waals surface area contributed by atoms with Crippen molar-refractivity contribution >= 4 is 56.0 Å². The number of halogens is 2. The van der Waals surface area contributed by atoms with Gasteiger partial charge in [0.25, 0.3) is 0 Å². The molecule has 0 bridgehead atoms. The predicted molar refractivity (Wildman–Crippen MR) is 138 cm³/mol. The van der Waals surface area contributed by atoms with Crippen LogP contribution in [0.5, 0.6) is 5.75 Å². The highest BCUT2D eigenvalue weighted by molar-refractivity contribution is 7.84. The maximum Gasteiger partial charge on any atom is 0.380 e. The van der Waals surface area contributed by atoms with E-state index in [9.17, 15) is 13.2 Å². The molecule has 0 spiro atoms. The van der Waals surface area contributed by atoms with E-state index < -0.39 is 10.3 Å². The first kappa shape index (κ1) is 25.6. The van der Waals surface area contributed by atoms with Crippen molar-refractivity contribution in [2.24, 2.45) is 11.1 Å². The van der Waals surface area contributed by atoms with Gasteiger partial charge in [0.05, 0.1) is 32.5 Å². The minimum Gasteiger partial charge on any atom is -0.380 e. The highest BCUT2D eigenvalue weighted by Crippen LogP contribution is 2.39. The second-order valence-electron chi connectivity index (χ2n) is 8.78. The molecule has 3 aromatic rings. The van der Waals surface area contributed by atoms with Gasteiger partial charge in [-0.15, -0.1) is 0 Å². The number of hydrogen-bond acceptors (Lipinski definition) is 7. The van der Waals surface area contributed by atoms with Crippen LogP contribution in [-0.2, 0) is 10.3 Å². The molecule has 0 saturated heterocycles. The van der Waals surface area contributed by atoms with Crippen LogP contribution in [0, 0.1) is 5.92 Å². The van der Waals surface area contributed by atoms with Gasteiger partial charge in [-0.25, -0.2) is 4.98 Å². The van der Waals surface area contributed by atoms with Crippen LogP contribution in [0.1, 0.15) is 56.3 Å². The molecule has 35 heavy (non-hydrogen) atoms. The molecule has 186 valence electrons. The van der Waals surface area contributed by atoms with E-state index >= 15 is 0 Å². The molecule has 11 heteroatoms. The van der Waals surface area contributed by atoms with E-state index in [2.05, 4.69) is 17.2 Å². The zero-order chi connectivity index (χ0) is 25.3. The number of ketones is 1. The van der Waals surface area contributed by atoms with Crippen molar-refractivity contribution in [3.63, 3.8) is 0 Å². The Morgan fingerprint density at radius 2 is 1.83 bits per heavy atom. The van der Waals surface area contributed by atoms with Crippen LogP contribution < -0.4 is 14.6 Å². The van der Waals surface area contributed by atoms with Gasteiger partial charge in [0.2, 0.25) is 0 Å². The second-order valence-corrected chi connectivity index (χ2v) is 10.7. The van der Waals surface area contributed by atoms with Crippen molar-refractivity contribution in [3.05, 3.63) is 46.1 Å². The molecule has 3 N–H and O–H groups in total. The zero-order valence-corrected chi connectivity index (χ0v) is 21.7. The number of carbonyl (C=O) groups excluding carboxylic acids is 1. The summed E-state index contributed by atoms with van der Waals surface area (Å²) in [6.45, 7) is 3.73. The molecule has 0 unspecified atom stereocenters. The van der Waals surface area contributed by atoms with E-state index in [1.165, 1.54) is 25.5 Å². The number of hydrogen-bond donors (Lipinski definition) is 2. The molecule has 1 aliphatic rings. The normalized spacial score (nSPS) is 18.4. The molecule has 8 nitrogen and oxygen atoms in total. The Bertz CT molecular complexity index is 1370. The number of rotatable bonds is 7. The van der Waals surface area contributed by atoms with E-state index in [0.29, 0.717) is 33.5 Å². The van der Waals surface area contributed by atoms with Crippen molar-refractivity contribution in [1.29, 1.82) is 0 Å². The molecule has 1 saturated carbocycles. The summed E-state index contributed by atoms with van der Waals surface area (Å²) < 4.78 is 27.3. The number of nitrogens with two attached hydrogens (primary N) is 1. The Labute approximate surface area is 214 Å².